The maximum Gasteiger partial charge on any atom is 0.264 e. The first kappa shape index (κ1) is 14.5. The van der Waals surface area contributed by atoms with Crippen LogP contribution in [0.2, 0.25) is 0 Å². The summed E-state index contributed by atoms with van der Waals surface area (Å²) in [5.41, 5.74) is 6.65. The van der Waals surface area contributed by atoms with E-state index in [0.29, 0.717) is 5.95 Å². The normalized spacial score (nSPS) is 14.1. The number of nitrogens with one attached hydrogen (secondary N) is 2. The van der Waals surface area contributed by atoms with Crippen molar-refractivity contribution in [1.82, 2.24) is 9.97 Å². The van der Waals surface area contributed by atoms with Crippen molar-refractivity contribution in [1.29, 1.82) is 0 Å². The lowest BCUT2D eigenvalue weighted by atomic mass is 10.2. The van der Waals surface area contributed by atoms with Crippen LogP contribution in [0.5, 0.6) is 0 Å². The number of anilines is 3. The molecule has 0 amide bonds. The van der Waals surface area contributed by atoms with E-state index in [-0.39, 0.29) is 21.9 Å². The third-order valence-electron chi connectivity index (χ3n) is 3.60. The van der Waals surface area contributed by atoms with E-state index in [2.05, 4.69) is 15.3 Å². The molecule has 0 atom stereocenters. The number of H-pyrrole nitrogens is 1. The second-order valence-electron chi connectivity index (χ2n) is 5.16. The molecule has 0 unspecified atom stereocenters. The Morgan fingerprint density at radius 1 is 1.27 bits per heavy atom. The summed E-state index contributed by atoms with van der Waals surface area (Å²) in [6, 6.07) is 9.40. The van der Waals surface area contributed by atoms with Crippen molar-refractivity contribution < 1.29 is 0 Å². The van der Waals surface area contributed by atoms with E-state index >= 15 is 0 Å². The first-order valence-electron chi connectivity index (χ1n) is 7.16. The number of nitrogens with two attached hydrogens (primary N) is 1. The quantitative estimate of drug-likeness (QED) is 0.748. The molecule has 2 aromatic rings. The molecule has 3 rings (SSSR count). The maximum atomic E-state index is 12.3. The van der Waals surface area contributed by atoms with Crippen LogP contribution >= 0.6 is 12.2 Å². The minimum absolute atomic E-state index is 0.152. The second-order valence-corrected chi connectivity index (χ2v) is 5.57. The molecule has 6 nitrogen and oxygen atoms in total. The van der Waals surface area contributed by atoms with Crippen molar-refractivity contribution >= 4 is 34.7 Å². The largest absolute Gasteiger partial charge is 0.383 e. The molecule has 0 bridgehead atoms. The van der Waals surface area contributed by atoms with Crippen LogP contribution in [0.1, 0.15) is 18.4 Å². The molecule has 114 valence electrons. The van der Waals surface area contributed by atoms with E-state index in [1.807, 2.05) is 35.2 Å². The molecule has 1 aliphatic rings. The zero-order chi connectivity index (χ0) is 15.5. The van der Waals surface area contributed by atoms with Crippen LogP contribution in [0.15, 0.2) is 35.1 Å². The van der Waals surface area contributed by atoms with Gasteiger partial charge in [0.05, 0.1) is 0 Å². The predicted molar refractivity (Wildman–Crippen MR) is 92.5 cm³/mol. The van der Waals surface area contributed by atoms with Gasteiger partial charge in [-0.25, -0.2) is 0 Å². The number of benzene rings is 1. The number of rotatable bonds is 3. The van der Waals surface area contributed by atoms with E-state index < -0.39 is 0 Å². The first-order valence-corrected chi connectivity index (χ1v) is 7.57. The van der Waals surface area contributed by atoms with Crippen LogP contribution < -0.4 is 21.5 Å². The van der Waals surface area contributed by atoms with Gasteiger partial charge in [0, 0.05) is 18.8 Å². The minimum Gasteiger partial charge on any atom is -0.383 e. The van der Waals surface area contributed by atoms with Crippen molar-refractivity contribution in [2.75, 3.05) is 29.0 Å². The lowest BCUT2D eigenvalue weighted by molar-refractivity contribution is 0.891. The third-order valence-corrected chi connectivity index (χ3v) is 3.91. The topological polar surface area (TPSA) is 87.0 Å². The number of nitrogens with zero attached hydrogens (tertiary/aromatic N) is 2. The lowest BCUT2D eigenvalue weighted by Crippen LogP contribution is -2.30. The fraction of sp³-hybridized carbons (Fsp3) is 0.267. The Labute approximate surface area is 133 Å². The molecule has 1 saturated heterocycles. The van der Waals surface area contributed by atoms with Crippen molar-refractivity contribution in [2.45, 2.75) is 12.8 Å². The molecule has 1 fully saturated rings. The molecule has 1 aromatic carbocycles. The fourth-order valence-electron chi connectivity index (χ4n) is 2.49. The summed E-state index contributed by atoms with van der Waals surface area (Å²) in [4.78, 5) is 21.7. The van der Waals surface area contributed by atoms with Crippen molar-refractivity contribution in [2.24, 2.45) is 0 Å². The van der Waals surface area contributed by atoms with E-state index in [4.69, 9.17) is 18.0 Å². The van der Waals surface area contributed by atoms with E-state index in [0.717, 1.165) is 31.6 Å². The maximum absolute atomic E-state index is 12.3. The van der Waals surface area contributed by atoms with Gasteiger partial charge in [0.25, 0.3) is 5.56 Å². The second kappa shape index (κ2) is 6.15. The zero-order valence-corrected chi connectivity index (χ0v) is 12.8. The summed E-state index contributed by atoms with van der Waals surface area (Å²) in [6.07, 6.45) is 2.19. The molecule has 0 saturated carbocycles. The highest BCUT2D eigenvalue weighted by Gasteiger charge is 2.19. The smallest absolute Gasteiger partial charge is 0.264 e. The van der Waals surface area contributed by atoms with Gasteiger partial charge in [0.2, 0.25) is 5.95 Å². The Hall–Kier alpha value is -2.41. The number of aromatic amines is 1. The van der Waals surface area contributed by atoms with Gasteiger partial charge in [-0.15, -0.1) is 0 Å². The van der Waals surface area contributed by atoms with Crippen LogP contribution in [0, 0.1) is 0 Å². The molecule has 1 aromatic heterocycles. The van der Waals surface area contributed by atoms with Crippen LogP contribution in [0.25, 0.3) is 0 Å². The summed E-state index contributed by atoms with van der Waals surface area (Å²) in [5, 5.41) is 3.01. The monoisotopic (exact) mass is 315 g/mol. The third kappa shape index (κ3) is 2.94. The SMILES string of the molecule is Nc1nc(N2CCCC2)[nH]c(=O)c1C(=S)Nc1ccccc1. The molecule has 22 heavy (non-hydrogen) atoms. The van der Waals surface area contributed by atoms with Crippen molar-refractivity contribution in [3.05, 3.63) is 46.2 Å². The summed E-state index contributed by atoms with van der Waals surface area (Å²) in [5.74, 6) is 0.672. The van der Waals surface area contributed by atoms with Crippen LogP contribution in [-0.4, -0.2) is 28.0 Å². The number of thiocarbonyl (C=S) groups is 1. The van der Waals surface area contributed by atoms with E-state index in [1.165, 1.54) is 0 Å². The van der Waals surface area contributed by atoms with Crippen molar-refractivity contribution in [3.8, 4) is 0 Å². The van der Waals surface area contributed by atoms with Gasteiger partial charge in [-0.05, 0) is 25.0 Å². The molecule has 1 aliphatic heterocycles. The van der Waals surface area contributed by atoms with Gasteiger partial charge in [-0.1, -0.05) is 30.4 Å². The lowest BCUT2D eigenvalue weighted by Gasteiger charge is -2.17. The molecule has 0 radical (unpaired) electrons. The average molecular weight is 315 g/mol. The highest BCUT2D eigenvalue weighted by Crippen LogP contribution is 2.17. The van der Waals surface area contributed by atoms with Crippen LogP contribution in [0.3, 0.4) is 0 Å². The molecule has 2 heterocycles. The van der Waals surface area contributed by atoms with E-state index in [9.17, 15) is 4.79 Å². The fourth-order valence-corrected chi connectivity index (χ4v) is 2.81. The predicted octanol–water partition coefficient (Wildman–Crippen LogP) is 1.74. The van der Waals surface area contributed by atoms with Gasteiger partial charge >= 0.3 is 0 Å². The first-order chi connectivity index (χ1) is 10.6. The summed E-state index contributed by atoms with van der Waals surface area (Å²) < 4.78 is 0. The number of hydrogen-bond donors (Lipinski definition) is 3. The van der Waals surface area contributed by atoms with Crippen LogP contribution in [-0.2, 0) is 0 Å². The molecule has 0 spiro atoms. The Morgan fingerprint density at radius 2 is 1.95 bits per heavy atom. The highest BCUT2D eigenvalue weighted by atomic mass is 32.1. The number of nitrogen functional groups attached to an aromatic ring is 1. The van der Waals surface area contributed by atoms with Gasteiger partial charge in [-0.2, -0.15) is 4.98 Å². The number of aromatic nitrogens is 2. The highest BCUT2D eigenvalue weighted by molar-refractivity contribution is 7.81. The van der Waals surface area contributed by atoms with E-state index in [1.54, 1.807) is 0 Å². The van der Waals surface area contributed by atoms with Gasteiger partial charge in [0.15, 0.2) is 0 Å². The Kier molecular flexibility index (Phi) is 4.06. The van der Waals surface area contributed by atoms with Crippen LogP contribution in [0.4, 0.5) is 17.5 Å². The Bertz CT molecular complexity index is 737. The summed E-state index contributed by atoms with van der Waals surface area (Å²) in [7, 11) is 0. The molecular formula is C15H17N5OS. The van der Waals surface area contributed by atoms with Gasteiger partial charge in [-0.3, -0.25) is 9.78 Å². The summed E-state index contributed by atoms with van der Waals surface area (Å²) >= 11 is 5.29. The number of hydrogen-bond acceptors (Lipinski definition) is 5. The molecule has 0 aliphatic carbocycles. The molecule has 4 N–H and O–H groups in total. The Balaban J connectivity index is 1.87. The molecule has 7 heteroatoms. The number of para-hydroxylation sites is 1. The minimum atomic E-state index is -0.317. The van der Waals surface area contributed by atoms with Gasteiger partial charge < -0.3 is 16.0 Å². The van der Waals surface area contributed by atoms with Gasteiger partial charge in [0.1, 0.15) is 16.4 Å². The average Bonchev–Trinajstić information content (AvgIpc) is 3.01. The Morgan fingerprint density at radius 3 is 2.59 bits per heavy atom. The summed E-state index contributed by atoms with van der Waals surface area (Å²) in [6.45, 7) is 1.77. The molecular weight excluding hydrogens is 298 g/mol. The van der Waals surface area contributed by atoms with Crippen molar-refractivity contribution in [3.63, 3.8) is 0 Å². The standard InChI is InChI=1S/C15H17N5OS/c16-12-11(14(22)17-10-6-2-1-3-7-10)13(21)19-15(18-12)20-8-4-5-9-20/h1-3,6-7H,4-5,8-9H2,(H,17,22)(H3,16,18,19,21). The zero-order valence-electron chi connectivity index (χ0n) is 12.0.